The van der Waals surface area contributed by atoms with Gasteiger partial charge in [-0.15, -0.1) is 0 Å². The average Bonchev–Trinajstić information content (AvgIpc) is 3.13. The largest absolute Gasteiger partial charge is 0.493 e. The monoisotopic (exact) mass is 586 g/mol. The van der Waals surface area contributed by atoms with E-state index in [1.165, 1.54) is 6.07 Å². The van der Waals surface area contributed by atoms with E-state index in [1.807, 2.05) is 65.3 Å². The molecule has 0 unspecified atom stereocenters. The van der Waals surface area contributed by atoms with Gasteiger partial charge in [-0.1, -0.05) is 43.6 Å². The van der Waals surface area contributed by atoms with E-state index in [-0.39, 0.29) is 64.8 Å². The van der Waals surface area contributed by atoms with Crippen LogP contribution in [0.5, 0.6) is 5.75 Å². The van der Waals surface area contributed by atoms with Crippen LogP contribution in [0.1, 0.15) is 63.0 Å². The van der Waals surface area contributed by atoms with Gasteiger partial charge >= 0.3 is 0 Å². The Labute approximate surface area is 246 Å². The lowest BCUT2D eigenvalue weighted by Gasteiger charge is -2.24. The van der Waals surface area contributed by atoms with Gasteiger partial charge < -0.3 is 15.0 Å². The third kappa shape index (κ3) is 7.86. The molecule has 0 radical (unpaired) electrons. The van der Waals surface area contributed by atoms with Crippen molar-refractivity contribution in [3.63, 3.8) is 0 Å². The van der Waals surface area contributed by atoms with Gasteiger partial charge in [-0.25, -0.2) is 9.07 Å². The van der Waals surface area contributed by atoms with Crippen LogP contribution in [0, 0.1) is 11.2 Å². The van der Waals surface area contributed by atoms with Gasteiger partial charge in [-0.3, -0.25) is 19.1 Å². The molecule has 0 aliphatic heterocycles. The number of hydrogen-bond donors (Lipinski definition) is 1. The second-order valence-corrected chi connectivity index (χ2v) is 11.7. The first-order chi connectivity index (χ1) is 19.3. The van der Waals surface area contributed by atoms with E-state index in [1.54, 1.807) is 16.3 Å². The highest BCUT2D eigenvalue weighted by molar-refractivity contribution is 6.31. The zero-order chi connectivity index (χ0) is 30.5. The van der Waals surface area contributed by atoms with Crippen LogP contribution in [-0.2, 0) is 18.3 Å². The number of carbonyl (C=O) groups excluding carboxylic acids is 2. The van der Waals surface area contributed by atoms with Crippen molar-refractivity contribution in [2.24, 2.45) is 12.5 Å². The first-order valence-electron chi connectivity index (χ1n) is 13.7. The minimum atomic E-state index is -0.657. The Balaban J connectivity index is 1.80. The zero-order valence-corrected chi connectivity index (χ0v) is 25.6. The summed E-state index contributed by atoms with van der Waals surface area (Å²) >= 11 is 5.92. The van der Waals surface area contributed by atoms with Crippen molar-refractivity contribution in [1.82, 2.24) is 14.3 Å². The summed E-state index contributed by atoms with van der Waals surface area (Å²) < 4.78 is 22.7. The number of anilines is 1. The fourth-order valence-corrected chi connectivity index (χ4v) is 4.81. The number of Topliss-reactive ketones (excluding diaryl/α,β-unsaturated/α-hetero) is 1. The number of para-hydroxylation sites is 1. The molecule has 1 aromatic heterocycles. The summed E-state index contributed by atoms with van der Waals surface area (Å²) in [5.41, 5.74) is 1.01. The number of halogens is 2. The first-order valence-corrected chi connectivity index (χ1v) is 14.1. The number of nitrogens with one attached hydrogen (secondary N) is 1. The molecule has 0 saturated carbocycles. The highest BCUT2D eigenvalue weighted by Crippen LogP contribution is 2.32. The molecule has 0 fully saturated rings. The van der Waals surface area contributed by atoms with Gasteiger partial charge in [-0.05, 0) is 58.0 Å². The number of carbonyl (C=O) groups is 2. The average molecular weight is 587 g/mol. The molecule has 0 aliphatic carbocycles. The van der Waals surface area contributed by atoms with Gasteiger partial charge in [0.1, 0.15) is 17.3 Å². The summed E-state index contributed by atoms with van der Waals surface area (Å²) in [6.07, 6.45) is 1.13. The van der Waals surface area contributed by atoms with Gasteiger partial charge in [0.15, 0.2) is 5.78 Å². The molecule has 3 rings (SSSR count). The van der Waals surface area contributed by atoms with Crippen LogP contribution in [0.3, 0.4) is 0 Å². The third-order valence-corrected chi connectivity index (χ3v) is 7.60. The van der Waals surface area contributed by atoms with Crippen LogP contribution in [-0.4, -0.2) is 52.7 Å². The Morgan fingerprint density at radius 2 is 1.83 bits per heavy atom. The lowest BCUT2D eigenvalue weighted by atomic mass is 9.82. The molecule has 41 heavy (non-hydrogen) atoms. The number of rotatable bonds is 13. The van der Waals surface area contributed by atoms with Gasteiger partial charge in [0.05, 0.1) is 28.6 Å². The molecule has 8 nitrogen and oxygen atoms in total. The van der Waals surface area contributed by atoms with Crippen molar-refractivity contribution >= 4 is 29.0 Å². The smallest absolute Gasteiger partial charge is 0.295 e. The summed E-state index contributed by atoms with van der Waals surface area (Å²) in [5, 5.41) is 2.74. The van der Waals surface area contributed by atoms with Crippen molar-refractivity contribution < 1.29 is 18.7 Å². The Morgan fingerprint density at radius 3 is 2.44 bits per heavy atom. The van der Waals surface area contributed by atoms with E-state index < -0.39 is 11.2 Å². The second kappa shape index (κ2) is 13.5. The van der Waals surface area contributed by atoms with E-state index in [0.29, 0.717) is 18.5 Å². The number of likely N-dealkylation sites (N-methyl/N-ethyl adjacent to an activating group) is 1. The number of amides is 1. The molecule has 1 heterocycles. The molecular formula is C31H40ClFN4O4. The maximum Gasteiger partial charge on any atom is 0.295 e. The van der Waals surface area contributed by atoms with Crippen LogP contribution in [0.15, 0.2) is 47.3 Å². The molecule has 0 aliphatic rings. The zero-order valence-electron chi connectivity index (χ0n) is 24.9. The number of aromatic nitrogens is 2. The normalized spacial score (nSPS) is 12.4. The fourth-order valence-electron chi connectivity index (χ4n) is 4.64. The molecular weight excluding hydrogens is 547 g/mol. The molecule has 0 saturated heterocycles. The van der Waals surface area contributed by atoms with Gasteiger partial charge in [0, 0.05) is 38.4 Å². The SMILES string of the molecule is CCOc1cc(F)c(Cl)cc1C(=O)CCC(C)(C)CC(=O)Nc1c(C[C@H](C)N(C)C)n(C)n(-c2ccccc2)c1=O. The standard InChI is InChI=1S/C31H40ClFN4O4/c1-8-41-27-18-24(33)23(32)17-22(27)26(38)14-15-31(3,4)19-28(39)34-29-25(16-20(2)35(5)6)36(7)37(30(29)40)21-12-10-9-11-13-21/h9-13,17-18,20H,8,14-16,19H2,1-7H3,(H,34,39)/t20-/m0/s1. The van der Waals surface area contributed by atoms with Crippen molar-refractivity contribution in [3.8, 4) is 11.4 Å². The minimum Gasteiger partial charge on any atom is -0.493 e. The van der Waals surface area contributed by atoms with Crippen LogP contribution in [0.25, 0.3) is 5.69 Å². The van der Waals surface area contributed by atoms with E-state index in [9.17, 15) is 18.8 Å². The molecule has 1 N–H and O–H groups in total. The second-order valence-electron chi connectivity index (χ2n) is 11.3. The van der Waals surface area contributed by atoms with Crippen molar-refractivity contribution in [2.75, 3.05) is 26.0 Å². The highest BCUT2D eigenvalue weighted by Gasteiger charge is 2.28. The summed E-state index contributed by atoms with van der Waals surface area (Å²) in [4.78, 5) is 42.0. The third-order valence-electron chi connectivity index (χ3n) is 7.31. The number of ketones is 1. The predicted molar refractivity (Wildman–Crippen MR) is 161 cm³/mol. The number of benzene rings is 2. The quantitative estimate of drug-likeness (QED) is 0.253. The topological polar surface area (TPSA) is 85.6 Å². The van der Waals surface area contributed by atoms with E-state index in [4.69, 9.17) is 16.3 Å². The first kappa shape index (κ1) is 32.1. The molecule has 3 aromatic rings. The van der Waals surface area contributed by atoms with Crippen LogP contribution >= 0.6 is 11.6 Å². The molecule has 2 aromatic carbocycles. The Kier molecular flexibility index (Phi) is 10.6. The number of hydrogen-bond acceptors (Lipinski definition) is 5. The number of ether oxygens (including phenoxy) is 1. The summed E-state index contributed by atoms with van der Waals surface area (Å²) in [7, 11) is 5.75. The Hall–Kier alpha value is -3.43. The summed E-state index contributed by atoms with van der Waals surface area (Å²) in [5.74, 6) is -1.08. The van der Waals surface area contributed by atoms with Crippen molar-refractivity contribution in [1.29, 1.82) is 0 Å². The van der Waals surface area contributed by atoms with Crippen LogP contribution in [0.4, 0.5) is 10.1 Å². The molecule has 222 valence electrons. The lowest BCUT2D eigenvalue weighted by molar-refractivity contribution is -0.118. The van der Waals surface area contributed by atoms with Gasteiger partial charge in [0.2, 0.25) is 5.91 Å². The maximum absolute atomic E-state index is 13.9. The minimum absolute atomic E-state index is 0.0884. The van der Waals surface area contributed by atoms with Crippen molar-refractivity contribution in [3.05, 3.63) is 74.9 Å². The molecule has 0 bridgehead atoms. The van der Waals surface area contributed by atoms with Crippen LogP contribution < -0.4 is 15.6 Å². The molecule has 1 atom stereocenters. The number of nitrogens with zero attached hydrogens (tertiary/aromatic N) is 3. The van der Waals surface area contributed by atoms with Crippen molar-refractivity contribution in [2.45, 2.75) is 59.4 Å². The Bertz CT molecular complexity index is 1450. The molecule has 1 amide bonds. The van der Waals surface area contributed by atoms with Gasteiger partial charge in [-0.2, -0.15) is 0 Å². The summed E-state index contributed by atoms with van der Waals surface area (Å²) in [6.45, 7) is 7.86. The Morgan fingerprint density at radius 1 is 1.17 bits per heavy atom. The molecule has 0 spiro atoms. The van der Waals surface area contributed by atoms with E-state index >= 15 is 0 Å². The highest BCUT2D eigenvalue weighted by atomic mass is 35.5. The predicted octanol–water partition coefficient (Wildman–Crippen LogP) is 5.88. The lowest BCUT2D eigenvalue weighted by Crippen LogP contribution is -2.29. The van der Waals surface area contributed by atoms with Crippen LogP contribution in [0.2, 0.25) is 5.02 Å². The van der Waals surface area contributed by atoms with Gasteiger partial charge in [0.25, 0.3) is 5.56 Å². The summed E-state index contributed by atoms with van der Waals surface area (Å²) in [6, 6.07) is 11.8. The maximum atomic E-state index is 13.9. The molecule has 10 heteroatoms. The van der Waals surface area contributed by atoms with E-state index in [2.05, 4.69) is 17.1 Å². The van der Waals surface area contributed by atoms with E-state index in [0.717, 1.165) is 11.8 Å². The fraction of sp³-hybridized carbons (Fsp3) is 0.452.